The first kappa shape index (κ1) is 40.0. The van der Waals surface area contributed by atoms with E-state index >= 15 is 0 Å². The molecule has 1 aliphatic carbocycles. The van der Waals surface area contributed by atoms with E-state index in [9.17, 15) is 36.7 Å². The van der Waals surface area contributed by atoms with Crippen LogP contribution < -0.4 is 27.2 Å². The Bertz CT molecular complexity index is 1680. The molecule has 1 aromatic heterocycles. The van der Waals surface area contributed by atoms with Gasteiger partial charge in [-0.1, -0.05) is 84.7 Å². The SMILES string of the molecule is CCC(C)(C)C.CC[C@H](C)C(NC(=O)[C@@]1(NC(=O)CNC(=O)Cc2ccccc2F)CCc2[nH]c3c(C(F)(F)F)cccc3c2C1)C(=O)NN. The first-order valence-corrected chi connectivity index (χ1v) is 16.7. The number of benzene rings is 2. The van der Waals surface area contributed by atoms with Gasteiger partial charge >= 0.3 is 6.18 Å². The fraction of sp³-hybridized carbons (Fsp3) is 0.500. The van der Waals surface area contributed by atoms with Crippen LogP contribution in [-0.2, 0) is 44.6 Å². The summed E-state index contributed by atoms with van der Waals surface area (Å²) in [5.41, 5.74) is 0.925. The van der Waals surface area contributed by atoms with Crippen molar-refractivity contribution in [2.24, 2.45) is 17.2 Å². The van der Waals surface area contributed by atoms with Crippen LogP contribution in [0.3, 0.4) is 0 Å². The van der Waals surface area contributed by atoms with E-state index in [2.05, 4.69) is 48.6 Å². The lowest BCUT2D eigenvalue weighted by molar-refractivity contribution is -0.137. The molecule has 10 nitrogen and oxygen atoms in total. The first-order chi connectivity index (χ1) is 23.4. The maximum atomic E-state index is 14.0. The smallest absolute Gasteiger partial charge is 0.358 e. The number of aryl methyl sites for hydroxylation is 1. The van der Waals surface area contributed by atoms with Crippen LogP contribution in [0.1, 0.15) is 83.2 Å². The summed E-state index contributed by atoms with van der Waals surface area (Å²) < 4.78 is 55.2. The molecule has 0 fully saturated rings. The van der Waals surface area contributed by atoms with Crippen LogP contribution in [0.4, 0.5) is 17.6 Å². The monoisotopic (exact) mass is 704 g/mol. The number of hydrazine groups is 1. The Morgan fingerprint density at radius 1 is 1.00 bits per heavy atom. The summed E-state index contributed by atoms with van der Waals surface area (Å²) in [5, 5.41) is 8.02. The summed E-state index contributed by atoms with van der Waals surface area (Å²) in [7, 11) is 0. The molecule has 2 aromatic carbocycles. The molecule has 1 heterocycles. The van der Waals surface area contributed by atoms with Crippen molar-refractivity contribution in [2.75, 3.05) is 6.54 Å². The summed E-state index contributed by atoms with van der Waals surface area (Å²) in [6.07, 6.45) is -3.29. The van der Waals surface area contributed by atoms with Crippen molar-refractivity contribution < 1.29 is 36.7 Å². The van der Waals surface area contributed by atoms with E-state index < -0.39 is 59.3 Å². The Kier molecular flexibility index (Phi) is 13.2. The number of fused-ring (bicyclic) bond motifs is 3. The lowest BCUT2D eigenvalue weighted by atomic mass is 9.78. The number of carbonyl (C=O) groups excluding carboxylic acids is 4. The van der Waals surface area contributed by atoms with Gasteiger partial charge in [0.2, 0.25) is 17.7 Å². The molecule has 274 valence electrons. The number of aromatic nitrogens is 1. The molecule has 0 saturated carbocycles. The van der Waals surface area contributed by atoms with Gasteiger partial charge in [-0.05, 0) is 47.4 Å². The van der Waals surface area contributed by atoms with Gasteiger partial charge in [0.05, 0.1) is 24.0 Å². The summed E-state index contributed by atoms with van der Waals surface area (Å²) in [5.74, 6) is 1.63. The third-order valence-corrected chi connectivity index (χ3v) is 9.17. The summed E-state index contributed by atoms with van der Waals surface area (Å²) in [6, 6.07) is 8.35. The molecule has 3 aromatic rings. The molecule has 0 bridgehead atoms. The Morgan fingerprint density at radius 2 is 1.66 bits per heavy atom. The summed E-state index contributed by atoms with van der Waals surface area (Å²) in [6.45, 7) is 11.9. The van der Waals surface area contributed by atoms with Crippen LogP contribution in [0, 0.1) is 17.2 Å². The Balaban J connectivity index is 0.00000103. The fourth-order valence-corrected chi connectivity index (χ4v) is 5.50. The molecule has 0 radical (unpaired) electrons. The quantitative estimate of drug-likeness (QED) is 0.0759. The average Bonchev–Trinajstić information content (AvgIpc) is 3.43. The van der Waals surface area contributed by atoms with Crippen LogP contribution >= 0.6 is 0 Å². The number of amides is 4. The summed E-state index contributed by atoms with van der Waals surface area (Å²) in [4.78, 5) is 55.0. The molecule has 1 unspecified atom stereocenters. The zero-order valence-corrected chi connectivity index (χ0v) is 29.4. The lowest BCUT2D eigenvalue weighted by Crippen LogP contribution is -2.65. The zero-order valence-electron chi connectivity index (χ0n) is 29.4. The molecule has 0 aliphatic heterocycles. The van der Waals surface area contributed by atoms with Crippen LogP contribution in [0.2, 0.25) is 0 Å². The third kappa shape index (κ3) is 10.1. The second kappa shape index (κ2) is 16.5. The van der Waals surface area contributed by atoms with E-state index in [1.165, 1.54) is 36.8 Å². The predicted octanol–water partition coefficient (Wildman–Crippen LogP) is 4.99. The molecule has 7 N–H and O–H groups in total. The highest BCUT2D eigenvalue weighted by atomic mass is 19.4. The first-order valence-electron chi connectivity index (χ1n) is 16.7. The lowest BCUT2D eigenvalue weighted by Gasteiger charge is -2.38. The highest BCUT2D eigenvalue weighted by molar-refractivity contribution is 5.98. The predicted molar refractivity (Wildman–Crippen MR) is 183 cm³/mol. The number of halogens is 4. The number of alkyl halides is 3. The molecule has 14 heteroatoms. The molecule has 0 spiro atoms. The largest absolute Gasteiger partial charge is 0.418 e. The molecule has 0 saturated heterocycles. The highest BCUT2D eigenvalue weighted by Gasteiger charge is 2.46. The number of aromatic amines is 1. The van der Waals surface area contributed by atoms with Gasteiger partial charge in [-0.15, -0.1) is 0 Å². The van der Waals surface area contributed by atoms with Gasteiger partial charge in [-0.3, -0.25) is 24.6 Å². The van der Waals surface area contributed by atoms with E-state index in [-0.39, 0.29) is 48.1 Å². The van der Waals surface area contributed by atoms with E-state index in [1.54, 1.807) is 13.0 Å². The van der Waals surface area contributed by atoms with Crippen molar-refractivity contribution >= 4 is 34.5 Å². The maximum Gasteiger partial charge on any atom is 0.418 e. The van der Waals surface area contributed by atoms with Gasteiger partial charge in [0.25, 0.3) is 5.91 Å². The molecule has 4 amide bonds. The Hall–Kier alpha value is -4.46. The minimum absolute atomic E-state index is 0.0214. The number of H-pyrrole nitrogens is 1. The van der Waals surface area contributed by atoms with Crippen LogP contribution in [-0.4, -0.2) is 46.7 Å². The van der Waals surface area contributed by atoms with E-state index in [0.717, 1.165) is 6.07 Å². The number of carbonyl (C=O) groups is 4. The van der Waals surface area contributed by atoms with Crippen LogP contribution in [0.25, 0.3) is 10.9 Å². The molecule has 50 heavy (non-hydrogen) atoms. The molecule has 4 rings (SSSR count). The van der Waals surface area contributed by atoms with Gasteiger partial charge < -0.3 is 20.9 Å². The topological polar surface area (TPSA) is 158 Å². The van der Waals surface area contributed by atoms with Crippen LogP contribution in [0.15, 0.2) is 42.5 Å². The second-order valence-corrected chi connectivity index (χ2v) is 13.9. The number of para-hydroxylation sites is 1. The van der Waals surface area contributed by atoms with Crippen LogP contribution in [0.5, 0.6) is 0 Å². The normalized spacial score (nSPS) is 17.0. The van der Waals surface area contributed by atoms with E-state index in [4.69, 9.17) is 5.84 Å². The number of hydrogen-bond acceptors (Lipinski definition) is 5. The second-order valence-electron chi connectivity index (χ2n) is 13.9. The number of nitrogens with two attached hydrogens (primary N) is 1. The third-order valence-electron chi connectivity index (χ3n) is 9.17. The molecular formula is C36H48F4N6O4. The van der Waals surface area contributed by atoms with Crippen molar-refractivity contribution in [1.29, 1.82) is 0 Å². The summed E-state index contributed by atoms with van der Waals surface area (Å²) >= 11 is 0. The van der Waals surface area contributed by atoms with E-state index in [1.807, 2.05) is 12.3 Å². The molecular weight excluding hydrogens is 656 g/mol. The van der Waals surface area contributed by atoms with Gasteiger partial charge in [0.1, 0.15) is 17.4 Å². The van der Waals surface area contributed by atoms with Gasteiger partial charge in [-0.2, -0.15) is 13.2 Å². The minimum atomic E-state index is -4.63. The minimum Gasteiger partial charge on any atom is -0.358 e. The number of rotatable bonds is 10. The average molecular weight is 705 g/mol. The Labute approximate surface area is 289 Å². The number of hydrogen-bond donors (Lipinski definition) is 6. The van der Waals surface area contributed by atoms with Gasteiger partial charge in [0.15, 0.2) is 0 Å². The fourth-order valence-electron chi connectivity index (χ4n) is 5.50. The van der Waals surface area contributed by atoms with Crippen molar-refractivity contribution in [3.05, 3.63) is 70.7 Å². The van der Waals surface area contributed by atoms with Crippen molar-refractivity contribution in [1.82, 2.24) is 26.4 Å². The maximum absolute atomic E-state index is 14.0. The van der Waals surface area contributed by atoms with Gasteiger partial charge in [0, 0.05) is 17.5 Å². The van der Waals surface area contributed by atoms with E-state index in [0.29, 0.717) is 23.1 Å². The van der Waals surface area contributed by atoms with Crippen molar-refractivity contribution in [3.63, 3.8) is 0 Å². The Morgan fingerprint density at radius 3 is 2.24 bits per heavy atom. The van der Waals surface area contributed by atoms with Crippen molar-refractivity contribution in [3.8, 4) is 0 Å². The standard InChI is InChI=1S/C30H34F4N6O4.C6H14/c1-3-16(2)25(27(43)40-35)38-28(44)29(39-24(42)15-36-23(41)13-17-7-4-5-10-21(17)31)12-11-22-19(14-29)18-8-6-9-20(26(18)37-22)30(32,33)34;1-5-6(2,3)4/h4-10,16,25,37H,3,11-15,35H2,1-2H3,(H,36,41)(H,38,44)(H,39,42)(H,40,43);5H2,1-4H3/t16-,25?,29+;/m0./s1. The van der Waals surface area contributed by atoms with Crippen molar-refractivity contribution in [2.45, 2.75) is 97.8 Å². The molecule has 1 aliphatic rings. The highest BCUT2D eigenvalue weighted by Crippen LogP contribution is 2.40. The molecule has 3 atom stereocenters. The zero-order chi connectivity index (χ0) is 37.4. The van der Waals surface area contributed by atoms with Gasteiger partial charge in [-0.25, -0.2) is 10.2 Å². The number of nitrogens with one attached hydrogen (secondary N) is 5.